The molecule has 1 heterocycles. The fourth-order valence-corrected chi connectivity index (χ4v) is 4.28. The van der Waals surface area contributed by atoms with Gasteiger partial charge in [-0.05, 0) is 65.9 Å². The average molecular weight is 488 g/mol. The minimum absolute atomic E-state index is 0.0145. The molecule has 0 radical (unpaired) electrons. The molecule has 3 aromatic rings. The molecule has 1 N–H and O–H groups in total. The Kier molecular flexibility index (Phi) is 8.38. The third-order valence-electron chi connectivity index (χ3n) is 6.14. The summed E-state index contributed by atoms with van der Waals surface area (Å²) >= 11 is 5.99. The van der Waals surface area contributed by atoms with Crippen molar-refractivity contribution in [3.63, 3.8) is 0 Å². The van der Waals surface area contributed by atoms with E-state index in [0.717, 1.165) is 17.5 Å². The van der Waals surface area contributed by atoms with Gasteiger partial charge < -0.3 is 9.84 Å². The van der Waals surface area contributed by atoms with Crippen LogP contribution in [0.4, 0.5) is 0 Å². The van der Waals surface area contributed by atoms with Gasteiger partial charge in [0.15, 0.2) is 5.70 Å². The van der Waals surface area contributed by atoms with E-state index < -0.39 is 5.97 Å². The van der Waals surface area contributed by atoms with Gasteiger partial charge in [0.2, 0.25) is 5.90 Å². The van der Waals surface area contributed by atoms with E-state index in [4.69, 9.17) is 16.3 Å². The second-order valence-corrected chi connectivity index (χ2v) is 9.27. The molecule has 5 heteroatoms. The van der Waals surface area contributed by atoms with E-state index in [-0.39, 0.29) is 17.3 Å². The lowest BCUT2D eigenvalue weighted by Gasteiger charge is -2.06. The molecule has 0 unspecified atom stereocenters. The van der Waals surface area contributed by atoms with Crippen molar-refractivity contribution in [3.8, 4) is 16.9 Å². The van der Waals surface area contributed by atoms with Crippen molar-refractivity contribution in [2.45, 2.75) is 51.9 Å². The molecule has 0 fully saturated rings. The van der Waals surface area contributed by atoms with Crippen LogP contribution < -0.4 is 0 Å². The zero-order valence-corrected chi connectivity index (χ0v) is 20.7. The van der Waals surface area contributed by atoms with Crippen molar-refractivity contribution in [3.05, 3.63) is 94.1 Å². The SMILES string of the molecule is CCCCCCCCc1ccc(-c2ccc(C3=N/C(=C\c4cc(Cl)ccc4O)C(=O)O3)cc2)cc1. The Morgan fingerprint density at radius 2 is 1.49 bits per heavy atom. The summed E-state index contributed by atoms with van der Waals surface area (Å²) in [5.41, 5.74) is 4.83. The number of carbonyl (C=O) groups is 1. The minimum atomic E-state index is -0.565. The van der Waals surface area contributed by atoms with E-state index in [1.54, 1.807) is 12.1 Å². The maximum Gasteiger partial charge on any atom is 0.363 e. The number of aryl methyl sites for hydroxylation is 1. The van der Waals surface area contributed by atoms with Gasteiger partial charge >= 0.3 is 5.97 Å². The van der Waals surface area contributed by atoms with Crippen LogP contribution in [0.5, 0.6) is 5.75 Å². The van der Waals surface area contributed by atoms with Crippen molar-refractivity contribution < 1.29 is 14.6 Å². The number of hydrogen-bond donors (Lipinski definition) is 1. The molecule has 0 saturated heterocycles. The van der Waals surface area contributed by atoms with Crippen molar-refractivity contribution in [2.24, 2.45) is 4.99 Å². The monoisotopic (exact) mass is 487 g/mol. The summed E-state index contributed by atoms with van der Waals surface area (Å²) in [6, 6.07) is 21.1. The third-order valence-corrected chi connectivity index (χ3v) is 6.38. The number of cyclic esters (lactones) is 1. The molecule has 0 amide bonds. The lowest BCUT2D eigenvalue weighted by Crippen LogP contribution is -2.05. The first kappa shape index (κ1) is 24.7. The van der Waals surface area contributed by atoms with Crippen molar-refractivity contribution in [1.82, 2.24) is 0 Å². The first-order valence-corrected chi connectivity index (χ1v) is 12.6. The fourth-order valence-electron chi connectivity index (χ4n) is 4.10. The standard InChI is InChI=1S/C30H30ClNO3/c1-2-3-4-5-6-7-8-21-9-11-22(12-10-21)23-13-15-24(16-14-23)29-32-27(30(34)35-29)20-25-19-26(31)17-18-28(25)33/h9-20,33H,2-8H2,1H3/b27-20-. The Morgan fingerprint density at radius 1 is 0.857 bits per heavy atom. The van der Waals surface area contributed by atoms with Crippen LogP contribution in [0.25, 0.3) is 17.2 Å². The van der Waals surface area contributed by atoms with Crippen LogP contribution in [0.2, 0.25) is 5.02 Å². The van der Waals surface area contributed by atoms with Gasteiger partial charge in [-0.15, -0.1) is 0 Å². The van der Waals surface area contributed by atoms with Crippen molar-refractivity contribution in [2.75, 3.05) is 0 Å². The van der Waals surface area contributed by atoms with Crippen LogP contribution in [0.3, 0.4) is 0 Å². The van der Waals surface area contributed by atoms with E-state index in [9.17, 15) is 9.90 Å². The van der Waals surface area contributed by atoms with Crippen LogP contribution >= 0.6 is 11.6 Å². The van der Waals surface area contributed by atoms with E-state index in [1.807, 2.05) is 24.3 Å². The number of phenols is 1. The number of unbranched alkanes of at least 4 members (excludes halogenated alkanes) is 5. The number of ether oxygens (including phenoxy) is 1. The van der Waals surface area contributed by atoms with Crippen LogP contribution in [0.15, 0.2) is 77.4 Å². The third kappa shape index (κ3) is 6.61. The number of halogens is 1. The highest BCUT2D eigenvalue weighted by molar-refractivity contribution is 6.30. The van der Waals surface area contributed by atoms with E-state index in [0.29, 0.717) is 16.1 Å². The summed E-state index contributed by atoms with van der Waals surface area (Å²) in [4.78, 5) is 16.6. The normalized spacial score (nSPS) is 14.3. The van der Waals surface area contributed by atoms with Gasteiger partial charge in [-0.1, -0.05) is 87.0 Å². The topological polar surface area (TPSA) is 58.9 Å². The molecule has 0 atom stereocenters. The number of aromatic hydroxyl groups is 1. The van der Waals surface area contributed by atoms with Gasteiger partial charge in [-0.25, -0.2) is 9.79 Å². The Labute approximate surface area is 211 Å². The summed E-state index contributed by atoms with van der Waals surface area (Å²) in [7, 11) is 0. The quantitative estimate of drug-likeness (QED) is 0.179. The number of rotatable bonds is 10. The zero-order chi connectivity index (χ0) is 24.6. The Bertz CT molecular complexity index is 1230. The zero-order valence-electron chi connectivity index (χ0n) is 20.0. The Hall–Kier alpha value is -3.37. The van der Waals surface area contributed by atoms with Crippen molar-refractivity contribution in [1.29, 1.82) is 0 Å². The average Bonchev–Trinajstić information content (AvgIpc) is 3.24. The second-order valence-electron chi connectivity index (χ2n) is 8.83. The maximum atomic E-state index is 12.3. The van der Waals surface area contributed by atoms with Crippen LogP contribution in [0.1, 0.15) is 62.1 Å². The first-order valence-electron chi connectivity index (χ1n) is 12.2. The summed E-state index contributed by atoms with van der Waals surface area (Å²) in [5.74, 6) is -0.311. The predicted octanol–water partition coefficient (Wildman–Crippen LogP) is 7.96. The summed E-state index contributed by atoms with van der Waals surface area (Å²) in [6.45, 7) is 2.25. The molecule has 0 aromatic heterocycles. The molecule has 35 heavy (non-hydrogen) atoms. The largest absolute Gasteiger partial charge is 0.507 e. The summed E-state index contributed by atoms with van der Waals surface area (Å²) in [5, 5.41) is 10.5. The lowest BCUT2D eigenvalue weighted by atomic mass is 10.00. The number of aliphatic imine (C=N–C) groups is 1. The predicted molar refractivity (Wildman–Crippen MR) is 143 cm³/mol. The van der Waals surface area contributed by atoms with Crippen LogP contribution in [-0.4, -0.2) is 17.0 Å². The highest BCUT2D eigenvalue weighted by atomic mass is 35.5. The van der Waals surface area contributed by atoms with Gasteiger partial charge in [0.05, 0.1) is 0 Å². The second kappa shape index (κ2) is 11.9. The Morgan fingerprint density at radius 3 is 2.20 bits per heavy atom. The number of benzene rings is 3. The molecular weight excluding hydrogens is 458 g/mol. The molecule has 1 aliphatic rings. The summed E-state index contributed by atoms with van der Waals surface area (Å²) in [6.07, 6.45) is 10.4. The van der Waals surface area contributed by atoms with E-state index >= 15 is 0 Å². The van der Waals surface area contributed by atoms with Gasteiger partial charge in [-0.2, -0.15) is 0 Å². The molecule has 4 rings (SSSR count). The first-order chi connectivity index (χ1) is 17.0. The van der Waals surface area contributed by atoms with Crippen LogP contribution in [-0.2, 0) is 16.0 Å². The van der Waals surface area contributed by atoms with Gasteiger partial charge in [0.25, 0.3) is 0 Å². The Balaban J connectivity index is 1.40. The number of esters is 1. The van der Waals surface area contributed by atoms with Gasteiger partial charge in [-0.3, -0.25) is 0 Å². The fraction of sp³-hybridized carbons (Fsp3) is 0.267. The number of hydrogen-bond acceptors (Lipinski definition) is 4. The molecule has 0 bridgehead atoms. The molecule has 0 spiro atoms. The molecule has 1 aliphatic heterocycles. The van der Waals surface area contributed by atoms with Crippen LogP contribution in [0, 0.1) is 0 Å². The maximum absolute atomic E-state index is 12.3. The lowest BCUT2D eigenvalue weighted by molar-refractivity contribution is -0.129. The smallest absolute Gasteiger partial charge is 0.363 e. The highest BCUT2D eigenvalue weighted by Gasteiger charge is 2.24. The van der Waals surface area contributed by atoms with E-state index in [2.05, 4.69) is 36.2 Å². The molecule has 180 valence electrons. The van der Waals surface area contributed by atoms with Gasteiger partial charge in [0, 0.05) is 16.1 Å². The molecule has 0 saturated carbocycles. The number of phenolic OH excluding ortho intramolecular Hbond substituents is 1. The minimum Gasteiger partial charge on any atom is -0.507 e. The molecule has 0 aliphatic carbocycles. The molecular formula is C30H30ClNO3. The molecule has 4 nitrogen and oxygen atoms in total. The van der Waals surface area contributed by atoms with E-state index in [1.165, 1.54) is 56.2 Å². The highest BCUT2D eigenvalue weighted by Crippen LogP contribution is 2.27. The number of nitrogens with zero attached hydrogens (tertiary/aromatic N) is 1. The molecule has 3 aromatic carbocycles. The van der Waals surface area contributed by atoms with Crippen molar-refractivity contribution >= 4 is 29.5 Å². The summed E-state index contributed by atoms with van der Waals surface area (Å²) < 4.78 is 5.36. The number of carbonyl (C=O) groups excluding carboxylic acids is 1. The van der Waals surface area contributed by atoms with Gasteiger partial charge in [0.1, 0.15) is 5.75 Å².